The highest BCUT2D eigenvalue weighted by molar-refractivity contribution is 5.35. The maximum atomic E-state index is 13.2. The Morgan fingerprint density at radius 2 is 1.84 bits per heavy atom. The van der Waals surface area contributed by atoms with Gasteiger partial charge in [-0.25, -0.2) is 4.39 Å². The van der Waals surface area contributed by atoms with Crippen LogP contribution in [0.25, 0.3) is 0 Å². The lowest BCUT2D eigenvalue weighted by Gasteiger charge is -2.19. The molecular weight excluding hydrogens is 251 g/mol. The van der Waals surface area contributed by atoms with Crippen molar-refractivity contribution in [2.24, 2.45) is 0 Å². The topological polar surface area (TPSA) is 47.9 Å². The van der Waals surface area contributed by atoms with Gasteiger partial charge in [-0.3, -0.25) is 0 Å². The van der Waals surface area contributed by atoms with E-state index in [4.69, 9.17) is 14.2 Å². The van der Waals surface area contributed by atoms with Gasteiger partial charge in [0.2, 0.25) is 0 Å². The van der Waals surface area contributed by atoms with Gasteiger partial charge >= 0.3 is 0 Å². The van der Waals surface area contributed by atoms with Crippen LogP contribution in [0.1, 0.15) is 32.4 Å². The molecule has 1 atom stereocenters. The highest BCUT2D eigenvalue weighted by Gasteiger charge is 2.14. The first-order chi connectivity index (χ1) is 9.08. The zero-order valence-corrected chi connectivity index (χ0v) is 11.6. The molecule has 0 aliphatic carbocycles. The van der Waals surface area contributed by atoms with Crippen LogP contribution in [-0.4, -0.2) is 31.2 Å². The molecule has 4 nitrogen and oxygen atoms in total. The Kier molecular flexibility index (Phi) is 6.77. The summed E-state index contributed by atoms with van der Waals surface area (Å²) in [6, 6.07) is 4.04. The van der Waals surface area contributed by atoms with E-state index in [0.29, 0.717) is 24.5 Å². The molecule has 0 radical (unpaired) electrons. The molecule has 0 saturated carbocycles. The van der Waals surface area contributed by atoms with Crippen LogP contribution in [0, 0.1) is 5.82 Å². The van der Waals surface area contributed by atoms with Crippen molar-refractivity contribution < 1.29 is 23.7 Å². The molecule has 0 bridgehead atoms. The average molecular weight is 272 g/mol. The van der Waals surface area contributed by atoms with Gasteiger partial charge in [0.05, 0.1) is 6.10 Å². The van der Waals surface area contributed by atoms with Gasteiger partial charge in [0.15, 0.2) is 6.29 Å². The minimum Gasteiger partial charge on any atom is -0.488 e. The lowest BCUT2D eigenvalue weighted by Crippen LogP contribution is -2.25. The summed E-state index contributed by atoms with van der Waals surface area (Å²) in [5.41, 5.74) is 0.535. The van der Waals surface area contributed by atoms with Gasteiger partial charge in [-0.05, 0) is 32.9 Å². The maximum absolute atomic E-state index is 13.2. The third kappa shape index (κ3) is 5.14. The molecule has 0 spiro atoms. The first-order valence-electron chi connectivity index (χ1n) is 6.42. The Morgan fingerprint density at radius 3 is 2.37 bits per heavy atom. The van der Waals surface area contributed by atoms with Crippen molar-refractivity contribution in [2.75, 3.05) is 19.8 Å². The van der Waals surface area contributed by atoms with E-state index >= 15 is 0 Å². The summed E-state index contributed by atoms with van der Waals surface area (Å²) < 4.78 is 29.4. The zero-order valence-electron chi connectivity index (χ0n) is 11.6. The van der Waals surface area contributed by atoms with E-state index in [2.05, 4.69) is 0 Å². The normalized spacial score (nSPS) is 12.7. The second-order valence-electron chi connectivity index (χ2n) is 4.01. The fraction of sp³-hybridized carbons (Fsp3) is 0.571. The number of rotatable bonds is 8. The van der Waals surface area contributed by atoms with Crippen LogP contribution in [0.4, 0.5) is 4.39 Å². The van der Waals surface area contributed by atoms with Crippen molar-refractivity contribution in [2.45, 2.75) is 33.2 Å². The molecule has 0 fully saturated rings. The summed E-state index contributed by atoms with van der Waals surface area (Å²) in [7, 11) is 0. The fourth-order valence-electron chi connectivity index (χ4n) is 1.65. The highest BCUT2D eigenvalue weighted by atomic mass is 19.1. The van der Waals surface area contributed by atoms with Crippen molar-refractivity contribution in [3.8, 4) is 5.75 Å². The molecule has 19 heavy (non-hydrogen) atoms. The Balaban J connectivity index is 2.71. The van der Waals surface area contributed by atoms with Crippen molar-refractivity contribution >= 4 is 0 Å². The summed E-state index contributed by atoms with van der Waals surface area (Å²) in [6.45, 7) is 6.46. The average Bonchev–Trinajstić information content (AvgIpc) is 2.36. The summed E-state index contributed by atoms with van der Waals surface area (Å²) in [4.78, 5) is 0. The molecule has 0 saturated heterocycles. The Bertz CT molecular complexity index is 376. The van der Waals surface area contributed by atoms with Gasteiger partial charge in [0.25, 0.3) is 0 Å². The maximum Gasteiger partial charge on any atom is 0.191 e. The van der Waals surface area contributed by atoms with Gasteiger partial charge in [0.1, 0.15) is 18.2 Å². The quantitative estimate of drug-likeness (QED) is 0.739. The Labute approximate surface area is 113 Å². The lowest BCUT2D eigenvalue weighted by atomic mass is 10.1. The van der Waals surface area contributed by atoms with Crippen LogP contribution in [0.15, 0.2) is 18.2 Å². The van der Waals surface area contributed by atoms with Crippen LogP contribution >= 0.6 is 0 Å². The van der Waals surface area contributed by atoms with Gasteiger partial charge in [0, 0.05) is 24.8 Å². The number of aliphatic hydroxyl groups is 1. The van der Waals surface area contributed by atoms with Crippen molar-refractivity contribution in [1.82, 2.24) is 0 Å². The van der Waals surface area contributed by atoms with E-state index in [1.54, 1.807) is 6.92 Å². The number of halogens is 1. The smallest absolute Gasteiger partial charge is 0.191 e. The first kappa shape index (κ1) is 15.9. The van der Waals surface area contributed by atoms with Crippen molar-refractivity contribution in [3.63, 3.8) is 0 Å². The summed E-state index contributed by atoms with van der Waals surface area (Å²) >= 11 is 0. The summed E-state index contributed by atoms with van der Waals surface area (Å²) in [5.74, 6) is -0.108. The van der Waals surface area contributed by atoms with E-state index in [1.807, 2.05) is 13.8 Å². The predicted octanol–water partition coefficient (Wildman–Crippen LogP) is 2.66. The van der Waals surface area contributed by atoms with E-state index < -0.39 is 18.2 Å². The molecule has 1 rings (SSSR count). The minimum atomic E-state index is -0.728. The van der Waals surface area contributed by atoms with E-state index in [0.717, 1.165) is 0 Å². The number of hydrogen-bond donors (Lipinski definition) is 1. The molecule has 1 unspecified atom stereocenters. The van der Waals surface area contributed by atoms with Crippen LogP contribution in [0.2, 0.25) is 0 Å². The van der Waals surface area contributed by atoms with Crippen LogP contribution in [0.5, 0.6) is 5.75 Å². The van der Waals surface area contributed by atoms with Gasteiger partial charge in [-0.15, -0.1) is 0 Å². The molecule has 0 aromatic heterocycles. The highest BCUT2D eigenvalue weighted by Crippen LogP contribution is 2.26. The number of aliphatic hydroxyl groups excluding tert-OH is 1. The molecule has 0 heterocycles. The van der Waals surface area contributed by atoms with E-state index in [1.165, 1.54) is 18.2 Å². The standard InChI is InChI=1S/C14H21FO4/c1-4-17-14(18-5-2)9-19-13-8-11(15)6-7-12(13)10(3)16/h6-8,10,14,16H,4-5,9H2,1-3H3. The number of benzene rings is 1. The van der Waals surface area contributed by atoms with Gasteiger partial charge in [-0.2, -0.15) is 0 Å². The van der Waals surface area contributed by atoms with Crippen molar-refractivity contribution in [3.05, 3.63) is 29.6 Å². The van der Waals surface area contributed by atoms with Crippen LogP contribution in [-0.2, 0) is 9.47 Å². The molecule has 1 aromatic rings. The third-order valence-corrected chi connectivity index (χ3v) is 2.51. The van der Waals surface area contributed by atoms with Crippen LogP contribution in [0.3, 0.4) is 0 Å². The fourth-order valence-corrected chi connectivity index (χ4v) is 1.65. The van der Waals surface area contributed by atoms with Crippen molar-refractivity contribution in [1.29, 1.82) is 0 Å². The second-order valence-corrected chi connectivity index (χ2v) is 4.01. The molecule has 1 N–H and O–H groups in total. The number of ether oxygens (including phenoxy) is 3. The monoisotopic (exact) mass is 272 g/mol. The number of hydrogen-bond acceptors (Lipinski definition) is 4. The predicted molar refractivity (Wildman–Crippen MR) is 69.6 cm³/mol. The lowest BCUT2D eigenvalue weighted by molar-refractivity contribution is -0.152. The SMILES string of the molecule is CCOC(COc1cc(F)ccc1C(C)O)OCC. The first-order valence-corrected chi connectivity index (χ1v) is 6.42. The largest absolute Gasteiger partial charge is 0.488 e. The van der Waals surface area contributed by atoms with Gasteiger partial charge in [-0.1, -0.05) is 0 Å². The molecule has 0 aliphatic rings. The summed E-state index contributed by atoms with van der Waals surface area (Å²) in [5, 5.41) is 9.60. The zero-order chi connectivity index (χ0) is 14.3. The Morgan fingerprint density at radius 1 is 1.21 bits per heavy atom. The third-order valence-electron chi connectivity index (χ3n) is 2.51. The molecule has 1 aromatic carbocycles. The molecule has 0 amide bonds. The molecule has 0 aliphatic heterocycles. The molecule has 108 valence electrons. The summed E-state index contributed by atoms with van der Waals surface area (Å²) in [6.07, 6.45) is -1.23. The van der Waals surface area contributed by atoms with E-state index in [-0.39, 0.29) is 6.61 Å². The van der Waals surface area contributed by atoms with Gasteiger partial charge < -0.3 is 19.3 Å². The minimum absolute atomic E-state index is 0.144. The molecular formula is C14H21FO4. The van der Waals surface area contributed by atoms with Crippen LogP contribution < -0.4 is 4.74 Å². The second kappa shape index (κ2) is 8.09. The Hall–Kier alpha value is -1.17. The van der Waals surface area contributed by atoms with E-state index in [9.17, 15) is 9.50 Å². The molecule has 5 heteroatoms.